The third-order valence-corrected chi connectivity index (χ3v) is 6.58. The van der Waals surface area contributed by atoms with Crippen molar-refractivity contribution in [2.45, 2.75) is 23.0 Å². The quantitative estimate of drug-likeness (QED) is 0.880. The second-order valence-corrected chi connectivity index (χ2v) is 7.77. The van der Waals surface area contributed by atoms with E-state index in [1.165, 1.54) is 18.3 Å². The number of H-pyrrole nitrogens is 1. The molecule has 1 fully saturated rings. The Balaban J connectivity index is 2.15. The van der Waals surface area contributed by atoms with Crippen LogP contribution in [0.25, 0.3) is 10.8 Å². The van der Waals surface area contributed by atoms with Crippen LogP contribution in [0.5, 0.6) is 0 Å². The molecular formula is C14H15ClN2O3S. The molecule has 2 N–H and O–H groups in total. The summed E-state index contributed by atoms with van der Waals surface area (Å²) in [5.41, 5.74) is -0.278. The lowest BCUT2D eigenvalue weighted by molar-refractivity contribution is 0.496. The molecule has 21 heavy (non-hydrogen) atoms. The fraction of sp³-hybridized carbons (Fsp3) is 0.357. The predicted molar refractivity (Wildman–Crippen MR) is 82.7 cm³/mol. The number of aromatic amines is 1. The molecule has 5 nitrogen and oxygen atoms in total. The van der Waals surface area contributed by atoms with Crippen molar-refractivity contribution in [2.24, 2.45) is 0 Å². The van der Waals surface area contributed by atoms with E-state index in [-0.39, 0.29) is 15.5 Å². The van der Waals surface area contributed by atoms with Gasteiger partial charge in [-0.25, -0.2) is 8.42 Å². The molecule has 0 atom stereocenters. The molecule has 2 aromatic rings. The van der Waals surface area contributed by atoms with Crippen LogP contribution in [0, 0.1) is 0 Å². The molecule has 0 aliphatic carbocycles. The van der Waals surface area contributed by atoms with Gasteiger partial charge in [-0.15, -0.1) is 0 Å². The van der Waals surface area contributed by atoms with Gasteiger partial charge in [0.2, 0.25) is 0 Å². The predicted octanol–water partition coefficient (Wildman–Crippen LogP) is 1.71. The highest BCUT2D eigenvalue weighted by molar-refractivity contribution is 7.92. The number of halogens is 1. The maximum absolute atomic E-state index is 12.7. The molecule has 0 amide bonds. The summed E-state index contributed by atoms with van der Waals surface area (Å²) >= 11 is 6.13. The van der Waals surface area contributed by atoms with Crippen LogP contribution < -0.4 is 10.9 Å². The molecule has 0 unspecified atom stereocenters. The third kappa shape index (κ3) is 2.59. The monoisotopic (exact) mass is 326 g/mol. The van der Waals surface area contributed by atoms with Crippen LogP contribution in [-0.2, 0) is 9.84 Å². The molecule has 1 aliphatic rings. The molecule has 112 valence electrons. The molecule has 1 aromatic carbocycles. The first kappa shape index (κ1) is 14.6. The first-order chi connectivity index (χ1) is 10.00. The second kappa shape index (κ2) is 5.44. The molecule has 0 bridgehead atoms. The molecule has 0 radical (unpaired) electrons. The van der Waals surface area contributed by atoms with Crippen molar-refractivity contribution in [3.63, 3.8) is 0 Å². The summed E-state index contributed by atoms with van der Waals surface area (Å²) in [6.07, 6.45) is 2.65. The summed E-state index contributed by atoms with van der Waals surface area (Å²) < 4.78 is 25.5. The van der Waals surface area contributed by atoms with Crippen molar-refractivity contribution < 1.29 is 8.42 Å². The Morgan fingerprint density at radius 2 is 1.90 bits per heavy atom. The lowest BCUT2D eigenvalue weighted by Gasteiger charge is -2.23. The molecular weight excluding hydrogens is 312 g/mol. The van der Waals surface area contributed by atoms with E-state index in [9.17, 15) is 13.2 Å². The molecule has 1 aliphatic heterocycles. The summed E-state index contributed by atoms with van der Waals surface area (Å²) in [4.78, 5) is 14.4. The van der Waals surface area contributed by atoms with Gasteiger partial charge < -0.3 is 10.3 Å². The van der Waals surface area contributed by atoms with Crippen molar-refractivity contribution in [3.05, 3.63) is 39.8 Å². The topological polar surface area (TPSA) is 79.0 Å². The minimum Gasteiger partial charge on any atom is -0.329 e. The van der Waals surface area contributed by atoms with E-state index >= 15 is 0 Å². The standard InChI is InChI=1S/C14H15ClN2O3S/c15-12-8-11-9(1-6-17-14(11)18)7-13(12)21(19,20)10-2-4-16-5-3-10/h1,6-8,10,16H,2-5H2,(H,17,18). The highest BCUT2D eigenvalue weighted by atomic mass is 35.5. The molecule has 0 spiro atoms. The Morgan fingerprint density at radius 3 is 2.62 bits per heavy atom. The fourth-order valence-corrected chi connectivity index (χ4v) is 5.02. The van der Waals surface area contributed by atoms with Crippen LogP contribution in [-0.4, -0.2) is 31.7 Å². The number of aromatic nitrogens is 1. The zero-order chi connectivity index (χ0) is 15.0. The Morgan fingerprint density at radius 1 is 1.19 bits per heavy atom. The number of hydrogen-bond donors (Lipinski definition) is 2. The summed E-state index contributed by atoms with van der Waals surface area (Å²) in [5.74, 6) is 0. The SMILES string of the molecule is O=c1[nH]ccc2cc(S(=O)(=O)C3CCNCC3)c(Cl)cc12. The second-order valence-electron chi connectivity index (χ2n) is 5.17. The smallest absolute Gasteiger partial charge is 0.255 e. The van der Waals surface area contributed by atoms with Crippen LogP contribution in [0.3, 0.4) is 0 Å². The molecule has 1 aromatic heterocycles. The van der Waals surface area contributed by atoms with Crippen molar-refractivity contribution in [3.8, 4) is 0 Å². The van der Waals surface area contributed by atoms with Gasteiger partial charge in [0.1, 0.15) is 0 Å². The van der Waals surface area contributed by atoms with Gasteiger partial charge in [-0.3, -0.25) is 4.79 Å². The van der Waals surface area contributed by atoms with Crippen LogP contribution in [0.2, 0.25) is 5.02 Å². The van der Waals surface area contributed by atoms with E-state index < -0.39 is 15.1 Å². The van der Waals surface area contributed by atoms with E-state index in [4.69, 9.17) is 11.6 Å². The number of rotatable bonds is 2. The van der Waals surface area contributed by atoms with Crippen LogP contribution >= 0.6 is 11.6 Å². The van der Waals surface area contributed by atoms with E-state index in [1.54, 1.807) is 6.07 Å². The average molecular weight is 327 g/mol. The van der Waals surface area contributed by atoms with Crippen molar-refractivity contribution in [1.29, 1.82) is 0 Å². The third-order valence-electron chi connectivity index (χ3n) is 3.86. The number of nitrogens with one attached hydrogen (secondary N) is 2. The number of sulfone groups is 1. The average Bonchev–Trinajstić information content (AvgIpc) is 2.48. The van der Waals surface area contributed by atoms with Crippen molar-refractivity contribution >= 4 is 32.2 Å². The summed E-state index contributed by atoms with van der Waals surface area (Å²) in [5, 5.41) is 3.81. The largest absolute Gasteiger partial charge is 0.329 e. The number of hydrogen-bond acceptors (Lipinski definition) is 4. The van der Waals surface area contributed by atoms with Gasteiger partial charge in [0, 0.05) is 11.6 Å². The van der Waals surface area contributed by atoms with Gasteiger partial charge in [-0.1, -0.05) is 11.6 Å². The van der Waals surface area contributed by atoms with Crippen molar-refractivity contribution in [1.82, 2.24) is 10.3 Å². The van der Waals surface area contributed by atoms with E-state index in [1.807, 2.05) is 0 Å². The lowest BCUT2D eigenvalue weighted by atomic mass is 10.2. The van der Waals surface area contributed by atoms with Gasteiger partial charge in [-0.2, -0.15) is 0 Å². The molecule has 0 saturated carbocycles. The first-order valence-electron chi connectivity index (χ1n) is 6.76. The fourth-order valence-electron chi connectivity index (χ4n) is 2.69. The molecule has 7 heteroatoms. The Bertz CT molecular complexity index is 839. The van der Waals surface area contributed by atoms with E-state index in [0.29, 0.717) is 36.7 Å². The Kier molecular flexibility index (Phi) is 3.77. The highest BCUT2D eigenvalue weighted by Gasteiger charge is 2.30. The summed E-state index contributed by atoms with van der Waals surface area (Å²) in [7, 11) is -3.48. The highest BCUT2D eigenvalue weighted by Crippen LogP contribution is 2.31. The van der Waals surface area contributed by atoms with Gasteiger partial charge in [0.25, 0.3) is 5.56 Å². The minimum absolute atomic E-state index is 0.109. The van der Waals surface area contributed by atoms with Gasteiger partial charge in [-0.05, 0) is 49.5 Å². The number of fused-ring (bicyclic) bond motifs is 1. The van der Waals surface area contributed by atoms with E-state index in [0.717, 1.165) is 0 Å². The lowest BCUT2D eigenvalue weighted by Crippen LogP contribution is -2.35. The van der Waals surface area contributed by atoms with Gasteiger partial charge in [0.05, 0.1) is 15.2 Å². The van der Waals surface area contributed by atoms with Crippen LogP contribution in [0.1, 0.15) is 12.8 Å². The summed E-state index contributed by atoms with van der Waals surface area (Å²) in [6.45, 7) is 1.38. The first-order valence-corrected chi connectivity index (χ1v) is 8.68. The summed E-state index contributed by atoms with van der Waals surface area (Å²) in [6, 6.07) is 4.61. The van der Waals surface area contributed by atoms with Crippen molar-refractivity contribution in [2.75, 3.05) is 13.1 Å². The normalized spacial score (nSPS) is 17.2. The zero-order valence-corrected chi connectivity index (χ0v) is 12.8. The number of piperidine rings is 1. The number of benzene rings is 1. The van der Waals surface area contributed by atoms with Crippen LogP contribution in [0.4, 0.5) is 0 Å². The van der Waals surface area contributed by atoms with Crippen LogP contribution in [0.15, 0.2) is 34.1 Å². The Hall–Kier alpha value is -1.37. The minimum atomic E-state index is -3.48. The van der Waals surface area contributed by atoms with Gasteiger partial charge >= 0.3 is 0 Å². The molecule has 3 rings (SSSR count). The maximum atomic E-state index is 12.7. The zero-order valence-electron chi connectivity index (χ0n) is 11.2. The van der Waals surface area contributed by atoms with E-state index in [2.05, 4.69) is 10.3 Å². The van der Waals surface area contributed by atoms with Gasteiger partial charge in [0.15, 0.2) is 9.84 Å². The molecule has 1 saturated heterocycles. The number of pyridine rings is 1. The molecule has 2 heterocycles. The Labute approximate surface area is 127 Å². The maximum Gasteiger partial charge on any atom is 0.255 e.